The Morgan fingerprint density at radius 2 is 1.02 bits per heavy atom. The lowest BCUT2D eigenvalue weighted by Gasteiger charge is -2.24. The third-order valence-electron chi connectivity index (χ3n) is 7.14. The van der Waals surface area contributed by atoms with Crippen LogP contribution >= 0.6 is 0 Å². The molecule has 0 saturated heterocycles. The van der Waals surface area contributed by atoms with Crippen molar-refractivity contribution in [2.24, 2.45) is 0 Å². The van der Waals surface area contributed by atoms with Crippen molar-refractivity contribution in [3.8, 4) is 33.9 Å². The molecule has 0 aliphatic carbocycles. The van der Waals surface area contributed by atoms with E-state index in [9.17, 15) is 0 Å². The van der Waals surface area contributed by atoms with Crippen molar-refractivity contribution in [2.45, 2.75) is 6.04 Å². The molecular formula is C36H26N6. The van der Waals surface area contributed by atoms with E-state index in [1.807, 2.05) is 85.2 Å². The van der Waals surface area contributed by atoms with Crippen molar-refractivity contribution in [2.75, 3.05) is 0 Å². The molecule has 7 rings (SSSR count). The molecule has 0 radical (unpaired) electrons. The lowest BCUT2D eigenvalue weighted by molar-refractivity contribution is 0.736. The number of rotatable bonds is 6. The molecule has 0 spiro atoms. The molecule has 5 aromatic heterocycles. The third-order valence-corrected chi connectivity index (χ3v) is 7.14. The summed E-state index contributed by atoms with van der Waals surface area (Å²) < 4.78 is 0. The summed E-state index contributed by atoms with van der Waals surface area (Å²) in [6, 6.07) is 36.4. The molecule has 1 atom stereocenters. The normalized spacial score (nSPS) is 14.4. The Bertz CT molecular complexity index is 1810. The summed E-state index contributed by atoms with van der Waals surface area (Å²) in [6.07, 6.45) is 11.6. The number of nitrogens with zero attached hydrogens (tertiary/aromatic N) is 5. The highest BCUT2D eigenvalue weighted by Crippen LogP contribution is 2.33. The summed E-state index contributed by atoms with van der Waals surface area (Å²) in [5.41, 5.74) is 10.4. The summed E-state index contributed by atoms with van der Waals surface area (Å²) in [6.45, 7) is 0. The first kappa shape index (κ1) is 25.2. The molecule has 42 heavy (non-hydrogen) atoms. The second-order valence-electron chi connectivity index (χ2n) is 9.91. The van der Waals surface area contributed by atoms with Crippen LogP contribution in [0.5, 0.6) is 0 Å². The van der Waals surface area contributed by atoms with Gasteiger partial charge in [-0.1, -0.05) is 48.5 Å². The zero-order chi connectivity index (χ0) is 28.1. The van der Waals surface area contributed by atoms with Crippen LogP contribution in [0, 0.1) is 0 Å². The minimum absolute atomic E-state index is 0.0788. The van der Waals surface area contributed by atoms with Crippen LogP contribution in [0.4, 0.5) is 0 Å². The van der Waals surface area contributed by atoms with Crippen molar-refractivity contribution >= 4 is 11.3 Å². The number of aromatic nitrogens is 5. The van der Waals surface area contributed by atoms with Crippen LogP contribution in [-0.2, 0) is 0 Å². The Hall–Kier alpha value is -5.75. The lowest BCUT2D eigenvalue weighted by atomic mass is 9.94. The molecule has 1 aromatic carbocycles. The molecule has 0 saturated carbocycles. The van der Waals surface area contributed by atoms with Crippen molar-refractivity contribution in [1.29, 1.82) is 0 Å². The number of nitrogens with one attached hydrogen (secondary N) is 1. The number of hydrogen-bond acceptors (Lipinski definition) is 6. The van der Waals surface area contributed by atoms with Crippen LogP contribution in [0.1, 0.15) is 23.0 Å². The van der Waals surface area contributed by atoms with E-state index in [1.165, 1.54) is 0 Å². The number of hydrogen-bond donors (Lipinski definition) is 1. The van der Waals surface area contributed by atoms with E-state index >= 15 is 0 Å². The van der Waals surface area contributed by atoms with Gasteiger partial charge in [-0.15, -0.1) is 0 Å². The third kappa shape index (κ3) is 5.33. The standard InChI is InChI=1S/C36H26N6/c1-5-17-37-29(9-1)33-21-27(22-34(41-33)30-10-2-6-18-38-30)25-13-15-26(16-14-25)28-23-35(31-11-3-7-19-39-31)42-36(24-28)32-12-4-8-20-40-32/h1-24,33,41H. The van der Waals surface area contributed by atoms with Gasteiger partial charge in [0, 0.05) is 24.8 Å². The molecular weight excluding hydrogens is 516 g/mol. The average Bonchev–Trinajstić information content (AvgIpc) is 3.09. The minimum atomic E-state index is -0.0788. The molecule has 6 nitrogen and oxygen atoms in total. The SMILES string of the molecule is C1=C(c2ccc(-c3cc(-c4ccccn4)nc(-c4ccccn4)c3)cc2)C=C(c2ccccn2)NC1c1ccccn1. The van der Waals surface area contributed by atoms with Gasteiger partial charge in [0.1, 0.15) is 0 Å². The highest BCUT2D eigenvalue weighted by molar-refractivity contribution is 5.86. The summed E-state index contributed by atoms with van der Waals surface area (Å²) in [5, 5.41) is 3.61. The maximum absolute atomic E-state index is 4.90. The predicted molar refractivity (Wildman–Crippen MR) is 166 cm³/mol. The maximum Gasteiger partial charge on any atom is 0.0900 e. The van der Waals surface area contributed by atoms with Gasteiger partial charge in [-0.05, 0) is 95.1 Å². The molecule has 1 aliphatic rings. The second-order valence-corrected chi connectivity index (χ2v) is 9.91. The van der Waals surface area contributed by atoms with Gasteiger partial charge in [0.2, 0.25) is 0 Å². The smallest absolute Gasteiger partial charge is 0.0900 e. The van der Waals surface area contributed by atoms with Crippen LogP contribution < -0.4 is 5.32 Å². The molecule has 6 heterocycles. The summed E-state index contributed by atoms with van der Waals surface area (Å²) >= 11 is 0. The highest BCUT2D eigenvalue weighted by atomic mass is 15.0. The summed E-state index contributed by atoms with van der Waals surface area (Å²) in [5.74, 6) is 0. The van der Waals surface area contributed by atoms with Gasteiger partial charge in [-0.3, -0.25) is 19.9 Å². The Labute approximate surface area is 244 Å². The van der Waals surface area contributed by atoms with Gasteiger partial charge in [0.25, 0.3) is 0 Å². The van der Waals surface area contributed by atoms with Crippen molar-refractivity contribution in [3.05, 3.63) is 163 Å². The Morgan fingerprint density at radius 1 is 0.476 bits per heavy atom. The Morgan fingerprint density at radius 3 is 1.57 bits per heavy atom. The van der Waals surface area contributed by atoms with E-state index < -0.39 is 0 Å². The van der Waals surface area contributed by atoms with Crippen molar-refractivity contribution < 1.29 is 0 Å². The largest absolute Gasteiger partial charge is 0.371 e. The van der Waals surface area contributed by atoms with E-state index in [-0.39, 0.29) is 6.04 Å². The molecule has 0 fully saturated rings. The van der Waals surface area contributed by atoms with Gasteiger partial charge in [0.15, 0.2) is 0 Å². The van der Waals surface area contributed by atoms with Gasteiger partial charge in [-0.25, -0.2) is 4.98 Å². The number of benzene rings is 1. The number of dihydropyridines is 1. The first-order valence-corrected chi connectivity index (χ1v) is 13.8. The lowest BCUT2D eigenvalue weighted by Crippen LogP contribution is -2.23. The highest BCUT2D eigenvalue weighted by Gasteiger charge is 2.20. The van der Waals surface area contributed by atoms with Gasteiger partial charge < -0.3 is 5.32 Å². The molecule has 1 N–H and O–H groups in total. The first-order chi connectivity index (χ1) is 20.8. The summed E-state index contributed by atoms with van der Waals surface area (Å²) in [7, 11) is 0. The van der Waals surface area contributed by atoms with E-state index in [1.54, 1.807) is 12.4 Å². The van der Waals surface area contributed by atoms with Gasteiger partial charge in [-0.2, -0.15) is 0 Å². The molecule has 0 bridgehead atoms. The van der Waals surface area contributed by atoms with E-state index in [0.717, 1.165) is 62.1 Å². The first-order valence-electron chi connectivity index (χ1n) is 13.8. The molecule has 6 heteroatoms. The molecule has 1 aliphatic heterocycles. The van der Waals surface area contributed by atoms with E-state index in [2.05, 4.69) is 73.8 Å². The van der Waals surface area contributed by atoms with Crippen LogP contribution in [0.2, 0.25) is 0 Å². The second kappa shape index (κ2) is 11.4. The van der Waals surface area contributed by atoms with Crippen molar-refractivity contribution in [1.82, 2.24) is 30.2 Å². The molecule has 0 amide bonds. The zero-order valence-electron chi connectivity index (χ0n) is 22.7. The molecule has 200 valence electrons. The van der Waals surface area contributed by atoms with Gasteiger partial charge in [0.05, 0.1) is 45.9 Å². The Balaban J connectivity index is 1.28. The van der Waals surface area contributed by atoms with E-state index in [4.69, 9.17) is 4.98 Å². The van der Waals surface area contributed by atoms with Crippen LogP contribution in [0.15, 0.2) is 146 Å². The van der Waals surface area contributed by atoms with Crippen LogP contribution in [0.25, 0.3) is 45.2 Å². The minimum Gasteiger partial charge on any atom is -0.371 e. The fourth-order valence-corrected chi connectivity index (χ4v) is 5.05. The van der Waals surface area contributed by atoms with Crippen LogP contribution in [-0.4, -0.2) is 24.9 Å². The van der Waals surface area contributed by atoms with E-state index in [0.29, 0.717) is 0 Å². The Kier molecular flexibility index (Phi) is 6.84. The monoisotopic (exact) mass is 542 g/mol. The number of allylic oxidation sites excluding steroid dienone is 2. The average molecular weight is 543 g/mol. The predicted octanol–water partition coefficient (Wildman–Crippen LogP) is 7.43. The van der Waals surface area contributed by atoms with Gasteiger partial charge >= 0.3 is 0 Å². The quantitative estimate of drug-likeness (QED) is 0.236. The topological polar surface area (TPSA) is 76.5 Å². The maximum atomic E-state index is 4.90. The van der Waals surface area contributed by atoms with Crippen LogP contribution in [0.3, 0.4) is 0 Å². The van der Waals surface area contributed by atoms with Crippen molar-refractivity contribution in [3.63, 3.8) is 0 Å². The zero-order valence-corrected chi connectivity index (χ0v) is 22.7. The molecule has 1 unspecified atom stereocenters. The number of pyridine rings is 5. The fourth-order valence-electron chi connectivity index (χ4n) is 5.05. The molecule has 6 aromatic rings. The summed E-state index contributed by atoms with van der Waals surface area (Å²) in [4.78, 5) is 23.2. The fraction of sp³-hybridized carbons (Fsp3) is 0.0278.